The molecule has 1 aliphatic heterocycles. The third-order valence-corrected chi connectivity index (χ3v) is 4.55. The van der Waals surface area contributed by atoms with Crippen molar-refractivity contribution in [3.63, 3.8) is 0 Å². The smallest absolute Gasteiger partial charge is 0.327 e. The van der Waals surface area contributed by atoms with Gasteiger partial charge in [0.1, 0.15) is 17.8 Å². The average molecular weight is 381 g/mol. The molecule has 0 bridgehead atoms. The van der Waals surface area contributed by atoms with Gasteiger partial charge in [0, 0.05) is 12.2 Å². The Morgan fingerprint density at radius 1 is 1.19 bits per heavy atom. The molecule has 0 saturated carbocycles. The van der Waals surface area contributed by atoms with Crippen molar-refractivity contribution in [3.8, 4) is 5.75 Å². The topological polar surface area (TPSA) is 128 Å². The Morgan fingerprint density at radius 3 is 2.42 bits per heavy atom. The van der Waals surface area contributed by atoms with Crippen LogP contribution in [0.3, 0.4) is 0 Å². The van der Waals surface area contributed by atoms with Crippen molar-refractivity contribution in [1.82, 2.24) is 16.0 Å². The Labute approximate surface area is 156 Å². The average Bonchev–Trinajstić information content (AvgIpc) is 3.15. The van der Waals surface area contributed by atoms with Crippen LogP contribution in [0.1, 0.15) is 18.4 Å². The number of benzene rings is 1. The van der Waals surface area contributed by atoms with Crippen LogP contribution in [-0.4, -0.2) is 58.4 Å². The normalized spacial score (nSPS) is 18.7. The fraction of sp³-hybridized carbons (Fsp3) is 0.471. The summed E-state index contributed by atoms with van der Waals surface area (Å²) in [7, 11) is 0. The van der Waals surface area contributed by atoms with Crippen molar-refractivity contribution in [2.45, 2.75) is 37.4 Å². The molecular formula is C17H23N3O5S. The first-order chi connectivity index (χ1) is 12.4. The second-order valence-electron chi connectivity index (χ2n) is 6.16. The van der Waals surface area contributed by atoms with E-state index in [9.17, 15) is 19.5 Å². The molecule has 0 aromatic heterocycles. The van der Waals surface area contributed by atoms with Gasteiger partial charge in [0.25, 0.3) is 0 Å². The SMILES string of the molecule is O=C(O)C(CS)NC(=O)C(Cc1ccc(O)cc1)NC(=O)C1CCCN1. The largest absolute Gasteiger partial charge is 0.508 e. The monoisotopic (exact) mass is 381 g/mol. The van der Waals surface area contributed by atoms with E-state index in [0.717, 1.165) is 18.5 Å². The van der Waals surface area contributed by atoms with Gasteiger partial charge in [0.05, 0.1) is 6.04 Å². The van der Waals surface area contributed by atoms with E-state index in [0.29, 0.717) is 6.42 Å². The van der Waals surface area contributed by atoms with Crippen molar-refractivity contribution in [2.24, 2.45) is 0 Å². The lowest BCUT2D eigenvalue weighted by Gasteiger charge is -2.22. The molecule has 1 aromatic rings. The summed E-state index contributed by atoms with van der Waals surface area (Å²) in [5.74, 6) is -2.05. The molecule has 1 saturated heterocycles. The van der Waals surface area contributed by atoms with E-state index < -0.39 is 24.0 Å². The van der Waals surface area contributed by atoms with E-state index in [1.54, 1.807) is 12.1 Å². The lowest BCUT2D eigenvalue weighted by atomic mass is 10.0. The third-order valence-electron chi connectivity index (χ3n) is 4.18. The second-order valence-corrected chi connectivity index (χ2v) is 6.53. The van der Waals surface area contributed by atoms with Crippen LogP contribution in [-0.2, 0) is 20.8 Å². The first kappa shape index (κ1) is 20.1. The summed E-state index contributed by atoms with van der Waals surface area (Å²) >= 11 is 3.93. The minimum absolute atomic E-state index is 0.0644. The highest BCUT2D eigenvalue weighted by Crippen LogP contribution is 2.12. The van der Waals surface area contributed by atoms with Crippen LogP contribution < -0.4 is 16.0 Å². The quantitative estimate of drug-likeness (QED) is 0.342. The van der Waals surface area contributed by atoms with Crippen LogP contribution in [0.25, 0.3) is 0 Å². The molecule has 3 unspecified atom stereocenters. The zero-order valence-electron chi connectivity index (χ0n) is 14.1. The van der Waals surface area contributed by atoms with E-state index in [2.05, 4.69) is 28.6 Å². The zero-order valence-corrected chi connectivity index (χ0v) is 15.0. The fourth-order valence-corrected chi connectivity index (χ4v) is 2.96. The van der Waals surface area contributed by atoms with Gasteiger partial charge in [-0.15, -0.1) is 0 Å². The second kappa shape index (κ2) is 9.44. The Balaban J connectivity index is 2.10. The Kier molecular flexibility index (Phi) is 7.28. The molecule has 0 spiro atoms. The van der Waals surface area contributed by atoms with Gasteiger partial charge in [-0.2, -0.15) is 12.6 Å². The summed E-state index contributed by atoms with van der Waals surface area (Å²) in [4.78, 5) is 36.0. The molecule has 1 aliphatic rings. The molecule has 1 heterocycles. The standard InChI is InChI=1S/C17H23N3O5S/c21-11-5-3-10(4-6-11)8-13(16(23)20-14(9-26)17(24)25)19-15(22)12-2-1-7-18-12/h3-6,12-14,18,21,26H,1-2,7-9H2,(H,19,22)(H,20,23)(H,24,25). The molecule has 26 heavy (non-hydrogen) atoms. The highest BCUT2D eigenvalue weighted by molar-refractivity contribution is 7.80. The number of thiol groups is 1. The van der Waals surface area contributed by atoms with E-state index in [-0.39, 0.29) is 29.9 Å². The summed E-state index contributed by atoms with van der Waals surface area (Å²) in [6.45, 7) is 0.744. The van der Waals surface area contributed by atoms with Crippen LogP contribution in [0.4, 0.5) is 0 Å². The number of hydrogen-bond donors (Lipinski definition) is 6. The molecular weight excluding hydrogens is 358 g/mol. The molecule has 9 heteroatoms. The lowest BCUT2D eigenvalue weighted by Crippen LogP contribution is -2.55. The van der Waals surface area contributed by atoms with Crippen molar-refractivity contribution in [2.75, 3.05) is 12.3 Å². The molecule has 1 fully saturated rings. The van der Waals surface area contributed by atoms with E-state index >= 15 is 0 Å². The maximum absolute atomic E-state index is 12.5. The Hall–Kier alpha value is -2.26. The number of phenolic OH excluding ortho intramolecular Hbond substituents is 1. The van der Waals surface area contributed by atoms with E-state index in [1.807, 2.05) is 0 Å². The van der Waals surface area contributed by atoms with Gasteiger partial charge in [-0.3, -0.25) is 9.59 Å². The minimum atomic E-state index is -1.19. The maximum Gasteiger partial charge on any atom is 0.327 e. The summed E-state index contributed by atoms with van der Waals surface area (Å²) in [5, 5.41) is 26.6. The van der Waals surface area contributed by atoms with Crippen molar-refractivity contribution >= 4 is 30.4 Å². The first-order valence-electron chi connectivity index (χ1n) is 8.36. The number of aliphatic carboxylic acids is 1. The number of amides is 2. The van der Waals surface area contributed by atoms with Gasteiger partial charge in [0.2, 0.25) is 11.8 Å². The number of carboxylic acid groups (broad SMARTS) is 1. The highest BCUT2D eigenvalue weighted by Gasteiger charge is 2.29. The number of phenols is 1. The van der Waals surface area contributed by atoms with Gasteiger partial charge in [-0.1, -0.05) is 12.1 Å². The minimum Gasteiger partial charge on any atom is -0.508 e. The first-order valence-corrected chi connectivity index (χ1v) is 8.99. The molecule has 5 N–H and O–H groups in total. The van der Waals surface area contributed by atoms with Gasteiger partial charge in [-0.05, 0) is 37.1 Å². The molecule has 8 nitrogen and oxygen atoms in total. The van der Waals surface area contributed by atoms with Gasteiger partial charge in [0.15, 0.2) is 0 Å². The molecule has 2 amide bonds. The number of nitrogens with one attached hydrogen (secondary N) is 3. The molecule has 0 radical (unpaired) electrons. The van der Waals surface area contributed by atoms with Crippen molar-refractivity contribution in [1.29, 1.82) is 0 Å². The van der Waals surface area contributed by atoms with Crippen LogP contribution in [0.5, 0.6) is 5.75 Å². The van der Waals surface area contributed by atoms with Crippen LogP contribution >= 0.6 is 12.6 Å². The van der Waals surface area contributed by atoms with E-state index in [4.69, 9.17) is 5.11 Å². The van der Waals surface area contributed by atoms with Crippen molar-refractivity contribution < 1.29 is 24.6 Å². The highest BCUT2D eigenvalue weighted by atomic mass is 32.1. The molecule has 0 aliphatic carbocycles. The summed E-state index contributed by atoms with van der Waals surface area (Å²) < 4.78 is 0. The molecule has 3 atom stereocenters. The number of hydrogen-bond acceptors (Lipinski definition) is 6. The maximum atomic E-state index is 12.5. The number of carboxylic acids is 1. The molecule has 2 rings (SSSR count). The van der Waals surface area contributed by atoms with Gasteiger partial charge >= 0.3 is 5.97 Å². The number of rotatable bonds is 8. The zero-order chi connectivity index (χ0) is 19.1. The predicted octanol–water partition coefficient (Wildman–Crippen LogP) is -0.329. The molecule has 142 valence electrons. The van der Waals surface area contributed by atoms with Crippen LogP contribution in [0.15, 0.2) is 24.3 Å². The summed E-state index contributed by atoms with van der Waals surface area (Å²) in [5.41, 5.74) is 0.723. The van der Waals surface area contributed by atoms with Crippen molar-refractivity contribution in [3.05, 3.63) is 29.8 Å². The van der Waals surface area contributed by atoms with Gasteiger partial charge in [-0.25, -0.2) is 4.79 Å². The summed E-state index contributed by atoms with van der Waals surface area (Å²) in [6.07, 6.45) is 1.74. The van der Waals surface area contributed by atoms with Crippen LogP contribution in [0.2, 0.25) is 0 Å². The van der Waals surface area contributed by atoms with E-state index in [1.165, 1.54) is 12.1 Å². The fourth-order valence-electron chi connectivity index (χ4n) is 2.72. The lowest BCUT2D eigenvalue weighted by molar-refractivity contribution is -0.141. The third kappa shape index (κ3) is 5.63. The van der Waals surface area contributed by atoms with Gasteiger partial charge < -0.3 is 26.2 Å². The van der Waals surface area contributed by atoms with Crippen LogP contribution in [0, 0.1) is 0 Å². The Bertz CT molecular complexity index is 646. The number of carbonyl (C=O) groups excluding carboxylic acids is 2. The number of carbonyl (C=O) groups is 3. The predicted molar refractivity (Wildman–Crippen MR) is 98.2 cm³/mol. The Morgan fingerprint density at radius 2 is 1.88 bits per heavy atom. The summed E-state index contributed by atoms with van der Waals surface area (Å²) in [6, 6.07) is 3.82. The number of aromatic hydroxyl groups is 1. The molecule has 1 aromatic carbocycles.